The van der Waals surface area contributed by atoms with Crippen molar-refractivity contribution in [2.75, 3.05) is 13.7 Å². The smallest absolute Gasteiger partial charge is 0.313 e. The van der Waals surface area contributed by atoms with Crippen LogP contribution in [0.5, 0.6) is 0 Å². The largest absolute Gasteiger partial charge is 0.466 e. The van der Waals surface area contributed by atoms with E-state index in [-0.39, 0.29) is 17.8 Å². The summed E-state index contributed by atoms with van der Waals surface area (Å²) in [5.74, 6) is 0.321. The van der Waals surface area contributed by atoms with Crippen molar-refractivity contribution in [2.24, 2.45) is 7.05 Å². The summed E-state index contributed by atoms with van der Waals surface area (Å²) in [6, 6.07) is 8.71. The van der Waals surface area contributed by atoms with E-state index in [0.29, 0.717) is 23.9 Å². The van der Waals surface area contributed by atoms with Crippen LogP contribution in [0.3, 0.4) is 0 Å². The molecule has 0 atom stereocenters. The van der Waals surface area contributed by atoms with Crippen molar-refractivity contribution >= 4 is 18.2 Å². The highest BCUT2D eigenvalue weighted by Crippen LogP contribution is 2.22. The van der Waals surface area contributed by atoms with Gasteiger partial charge >= 0.3 is 5.97 Å². The molecule has 6 nitrogen and oxygen atoms in total. The van der Waals surface area contributed by atoms with Crippen LogP contribution in [0.4, 0.5) is 0 Å². The summed E-state index contributed by atoms with van der Waals surface area (Å²) < 4.78 is 9.09. The second-order valence-electron chi connectivity index (χ2n) is 7.84. The van der Waals surface area contributed by atoms with E-state index in [1.165, 1.54) is 11.1 Å². The van der Waals surface area contributed by atoms with Gasteiger partial charge in [-0.05, 0) is 42.7 Å². The van der Waals surface area contributed by atoms with Crippen LogP contribution in [0.2, 0.25) is 0 Å². The van der Waals surface area contributed by atoms with Gasteiger partial charge in [0.15, 0.2) is 4.77 Å². The fourth-order valence-corrected chi connectivity index (χ4v) is 3.02. The number of benzene rings is 1. The van der Waals surface area contributed by atoms with E-state index in [9.17, 15) is 4.79 Å². The van der Waals surface area contributed by atoms with Crippen molar-refractivity contribution in [2.45, 2.75) is 52.7 Å². The van der Waals surface area contributed by atoms with Gasteiger partial charge in [-0.2, -0.15) is 5.10 Å². The van der Waals surface area contributed by atoms with Gasteiger partial charge in [0.25, 0.3) is 0 Å². The highest BCUT2D eigenvalue weighted by Gasteiger charge is 2.15. The lowest BCUT2D eigenvalue weighted by molar-refractivity contribution is -0.142. The molecule has 0 unspecified atom stereocenters. The number of esters is 1. The standard InChI is InChI=1S/C20H30N4O2S/c1-7-26-18(25)12-17-21-24(19(27)23(17)6)14-22(5)13-15-8-10-16(11-9-15)20(2,3)4/h8-11H,7,12-14H2,1-6H3. The summed E-state index contributed by atoms with van der Waals surface area (Å²) >= 11 is 5.46. The number of carbonyl (C=O) groups excluding carboxylic acids is 1. The Labute approximate surface area is 166 Å². The van der Waals surface area contributed by atoms with Crippen LogP contribution in [-0.2, 0) is 41.6 Å². The second-order valence-corrected chi connectivity index (χ2v) is 8.21. The molecule has 1 aromatic heterocycles. The summed E-state index contributed by atoms with van der Waals surface area (Å²) in [7, 11) is 3.85. The lowest BCUT2D eigenvalue weighted by Crippen LogP contribution is -2.23. The number of ether oxygens (including phenoxy) is 1. The quantitative estimate of drug-likeness (QED) is 0.535. The third-order valence-corrected chi connectivity index (χ3v) is 4.87. The zero-order chi connectivity index (χ0) is 20.2. The normalized spacial score (nSPS) is 11.8. The van der Waals surface area contributed by atoms with Crippen molar-refractivity contribution in [3.05, 3.63) is 46.0 Å². The van der Waals surface area contributed by atoms with Gasteiger partial charge in [0.1, 0.15) is 12.2 Å². The molecular weight excluding hydrogens is 360 g/mol. The maximum Gasteiger partial charge on any atom is 0.313 e. The molecule has 0 saturated carbocycles. The summed E-state index contributed by atoms with van der Waals surface area (Å²) in [5.41, 5.74) is 2.71. The van der Waals surface area contributed by atoms with Crippen LogP contribution < -0.4 is 0 Å². The Morgan fingerprint density at radius 2 is 1.89 bits per heavy atom. The zero-order valence-electron chi connectivity index (χ0n) is 17.2. The van der Waals surface area contributed by atoms with Gasteiger partial charge in [0.05, 0.1) is 13.3 Å². The van der Waals surface area contributed by atoms with Gasteiger partial charge in [0.2, 0.25) is 0 Å². The predicted octanol–water partition coefficient (Wildman–Crippen LogP) is 3.44. The Bertz CT molecular complexity index is 831. The van der Waals surface area contributed by atoms with E-state index < -0.39 is 0 Å². The molecule has 0 aliphatic heterocycles. The SMILES string of the molecule is CCOC(=O)Cc1nn(CN(C)Cc2ccc(C(C)(C)C)cc2)c(=S)n1C. The molecule has 0 radical (unpaired) electrons. The predicted molar refractivity (Wildman–Crippen MR) is 109 cm³/mol. The van der Waals surface area contributed by atoms with E-state index in [0.717, 1.165) is 6.54 Å². The van der Waals surface area contributed by atoms with Gasteiger partial charge < -0.3 is 9.30 Å². The molecule has 0 N–H and O–H groups in total. The van der Waals surface area contributed by atoms with Gasteiger partial charge in [-0.15, -0.1) is 0 Å². The molecule has 2 aromatic rings. The average Bonchev–Trinajstić information content (AvgIpc) is 2.82. The molecule has 0 aliphatic carbocycles. The maximum absolute atomic E-state index is 11.7. The molecule has 0 aliphatic rings. The molecule has 27 heavy (non-hydrogen) atoms. The van der Waals surface area contributed by atoms with E-state index in [2.05, 4.69) is 55.0 Å². The number of rotatable bonds is 7. The van der Waals surface area contributed by atoms with Crippen molar-refractivity contribution in [3.8, 4) is 0 Å². The molecule has 0 saturated heterocycles. The van der Waals surface area contributed by atoms with Gasteiger partial charge in [0, 0.05) is 13.6 Å². The molecule has 0 fully saturated rings. The van der Waals surface area contributed by atoms with E-state index in [4.69, 9.17) is 17.0 Å². The van der Waals surface area contributed by atoms with Crippen molar-refractivity contribution in [1.82, 2.24) is 19.2 Å². The minimum absolute atomic E-state index is 0.124. The summed E-state index contributed by atoms with van der Waals surface area (Å²) in [4.78, 5) is 13.9. The minimum atomic E-state index is -0.292. The summed E-state index contributed by atoms with van der Waals surface area (Å²) in [6.45, 7) is 10.1. The third kappa shape index (κ3) is 5.74. The Hall–Kier alpha value is -1.99. The maximum atomic E-state index is 11.7. The minimum Gasteiger partial charge on any atom is -0.466 e. The molecule has 2 rings (SSSR count). The van der Waals surface area contributed by atoms with E-state index in [1.807, 2.05) is 14.1 Å². The molecule has 148 valence electrons. The van der Waals surface area contributed by atoms with Crippen LogP contribution in [-0.4, -0.2) is 38.9 Å². The first-order valence-electron chi connectivity index (χ1n) is 9.18. The summed E-state index contributed by atoms with van der Waals surface area (Å²) in [6.07, 6.45) is 0.124. The molecule has 0 amide bonds. The van der Waals surface area contributed by atoms with Crippen molar-refractivity contribution in [1.29, 1.82) is 0 Å². The Kier molecular flexibility index (Phi) is 6.95. The molecule has 7 heteroatoms. The van der Waals surface area contributed by atoms with Crippen LogP contribution in [0.25, 0.3) is 0 Å². The van der Waals surface area contributed by atoms with Crippen LogP contribution in [0.15, 0.2) is 24.3 Å². The van der Waals surface area contributed by atoms with Crippen molar-refractivity contribution < 1.29 is 9.53 Å². The van der Waals surface area contributed by atoms with Crippen molar-refractivity contribution in [3.63, 3.8) is 0 Å². The number of aromatic nitrogens is 3. The first-order chi connectivity index (χ1) is 12.6. The Morgan fingerprint density at radius 1 is 1.26 bits per heavy atom. The van der Waals surface area contributed by atoms with Crippen LogP contribution in [0, 0.1) is 4.77 Å². The number of nitrogens with zero attached hydrogens (tertiary/aromatic N) is 4. The molecule has 0 spiro atoms. The Balaban J connectivity index is 2.04. The average molecular weight is 391 g/mol. The number of hydrogen-bond acceptors (Lipinski definition) is 5. The second kappa shape index (κ2) is 8.80. The lowest BCUT2D eigenvalue weighted by atomic mass is 9.87. The topological polar surface area (TPSA) is 52.3 Å². The first kappa shape index (κ1) is 21.3. The van der Waals surface area contributed by atoms with Gasteiger partial charge in [-0.3, -0.25) is 9.69 Å². The van der Waals surface area contributed by atoms with Crippen LogP contribution >= 0.6 is 12.2 Å². The molecule has 1 aromatic carbocycles. The molecule has 0 bridgehead atoms. The van der Waals surface area contributed by atoms with Gasteiger partial charge in [-0.1, -0.05) is 45.0 Å². The summed E-state index contributed by atoms with van der Waals surface area (Å²) in [5, 5.41) is 4.49. The lowest BCUT2D eigenvalue weighted by Gasteiger charge is -2.20. The number of carbonyl (C=O) groups is 1. The third-order valence-electron chi connectivity index (χ3n) is 4.39. The van der Waals surface area contributed by atoms with Crippen LogP contribution in [0.1, 0.15) is 44.6 Å². The highest BCUT2D eigenvalue weighted by molar-refractivity contribution is 7.71. The Morgan fingerprint density at radius 3 is 2.44 bits per heavy atom. The molecular formula is C20H30N4O2S. The van der Waals surface area contributed by atoms with E-state index >= 15 is 0 Å². The fourth-order valence-electron chi connectivity index (χ4n) is 2.82. The fraction of sp³-hybridized carbons (Fsp3) is 0.550. The molecule has 1 heterocycles. The number of hydrogen-bond donors (Lipinski definition) is 0. The first-order valence-corrected chi connectivity index (χ1v) is 9.59. The highest BCUT2D eigenvalue weighted by atomic mass is 32.1. The monoisotopic (exact) mass is 390 g/mol. The zero-order valence-corrected chi connectivity index (χ0v) is 18.0. The van der Waals surface area contributed by atoms with Gasteiger partial charge in [-0.25, -0.2) is 4.68 Å². The van der Waals surface area contributed by atoms with E-state index in [1.54, 1.807) is 16.2 Å².